The van der Waals surface area contributed by atoms with Crippen molar-refractivity contribution in [3.63, 3.8) is 0 Å². The van der Waals surface area contributed by atoms with E-state index >= 15 is 0 Å². The van der Waals surface area contributed by atoms with Crippen LogP contribution in [0.2, 0.25) is 0 Å². The fraction of sp³-hybridized carbons (Fsp3) is 0.824. The molecule has 4 heteroatoms. The van der Waals surface area contributed by atoms with Crippen molar-refractivity contribution in [1.82, 2.24) is 20.0 Å². The Labute approximate surface area is 129 Å². The topological polar surface area (TPSA) is 33.1 Å². The fourth-order valence-corrected chi connectivity index (χ4v) is 4.04. The van der Waals surface area contributed by atoms with Crippen molar-refractivity contribution in [2.75, 3.05) is 21.1 Å². The Morgan fingerprint density at radius 3 is 2.43 bits per heavy atom. The molecule has 1 heterocycles. The monoisotopic (exact) mass is 292 g/mol. The zero-order valence-electron chi connectivity index (χ0n) is 14.2. The van der Waals surface area contributed by atoms with Crippen molar-refractivity contribution in [2.45, 2.75) is 62.9 Å². The summed E-state index contributed by atoms with van der Waals surface area (Å²) in [4.78, 5) is 2.49. The summed E-state index contributed by atoms with van der Waals surface area (Å²) in [5.74, 6) is 0. The van der Waals surface area contributed by atoms with Crippen LogP contribution in [0.3, 0.4) is 0 Å². The molecule has 0 aromatic carbocycles. The van der Waals surface area contributed by atoms with Crippen molar-refractivity contribution >= 4 is 0 Å². The van der Waals surface area contributed by atoms with Crippen LogP contribution in [0.15, 0.2) is 12.4 Å². The first-order valence-corrected chi connectivity index (χ1v) is 8.41. The van der Waals surface area contributed by atoms with E-state index in [1.165, 1.54) is 50.5 Å². The van der Waals surface area contributed by atoms with Crippen LogP contribution in [-0.2, 0) is 13.5 Å². The maximum atomic E-state index is 4.29. The predicted molar refractivity (Wildman–Crippen MR) is 88.5 cm³/mol. The molecule has 1 aromatic heterocycles. The summed E-state index contributed by atoms with van der Waals surface area (Å²) in [7, 11) is 8.65. The smallest absolute Gasteiger partial charge is 0.0521 e. The summed E-state index contributed by atoms with van der Waals surface area (Å²) in [6, 6.07) is 0.547. The molecule has 1 atom stereocenters. The van der Waals surface area contributed by atoms with Gasteiger partial charge in [-0.1, -0.05) is 25.7 Å². The number of aryl methyl sites for hydroxylation is 2. The van der Waals surface area contributed by atoms with Gasteiger partial charge in [-0.3, -0.25) is 4.68 Å². The molecule has 120 valence electrons. The molecular formula is C17H32N4. The number of likely N-dealkylation sites (N-methyl/N-ethyl adjacent to an activating group) is 2. The minimum atomic E-state index is 0.313. The molecule has 1 aliphatic carbocycles. The first kappa shape index (κ1) is 16.5. The molecule has 21 heavy (non-hydrogen) atoms. The third-order valence-corrected chi connectivity index (χ3v) is 5.34. The zero-order valence-corrected chi connectivity index (χ0v) is 14.2. The molecule has 2 rings (SSSR count). The Bertz CT molecular complexity index is 416. The number of nitrogens with one attached hydrogen (secondary N) is 1. The third kappa shape index (κ3) is 3.86. The van der Waals surface area contributed by atoms with Crippen LogP contribution in [-0.4, -0.2) is 47.4 Å². The van der Waals surface area contributed by atoms with E-state index in [2.05, 4.69) is 42.7 Å². The fourth-order valence-electron chi connectivity index (χ4n) is 4.04. The van der Waals surface area contributed by atoms with Crippen LogP contribution in [0.1, 0.15) is 50.5 Å². The highest BCUT2D eigenvalue weighted by molar-refractivity contribution is 5.07. The van der Waals surface area contributed by atoms with Gasteiger partial charge in [-0.2, -0.15) is 5.10 Å². The van der Waals surface area contributed by atoms with E-state index in [-0.39, 0.29) is 0 Å². The lowest BCUT2D eigenvalue weighted by Gasteiger charge is -2.46. The molecule has 1 aliphatic rings. The summed E-state index contributed by atoms with van der Waals surface area (Å²) in [6.07, 6.45) is 14.6. The van der Waals surface area contributed by atoms with Crippen LogP contribution in [0.5, 0.6) is 0 Å². The largest absolute Gasteiger partial charge is 0.315 e. The lowest BCUT2D eigenvalue weighted by molar-refractivity contribution is 0.0798. The van der Waals surface area contributed by atoms with E-state index in [9.17, 15) is 0 Å². The Hall–Kier alpha value is -0.870. The van der Waals surface area contributed by atoms with E-state index in [1.54, 1.807) is 0 Å². The van der Waals surface area contributed by atoms with Crippen molar-refractivity contribution in [3.8, 4) is 0 Å². The molecule has 1 unspecified atom stereocenters. The standard InChI is InChI=1S/C17H32N4/c1-18-16(10-9-15-13-19-21(4)14-15)17(20(2)3)11-7-5-6-8-12-17/h13-14,16,18H,5-12H2,1-4H3. The van der Waals surface area contributed by atoms with E-state index in [4.69, 9.17) is 0 Å². The molecule has 4 nitrogen and oxygen atoms in total. The second-order valence-electron chi connectivity index (χ2n) is 6.81. The zero-order chi connectivity index (χ0) is 15.3. The van der Waals surface area contributed by atoms with Crippen LogP contribution >= 0.6 is 0 Å². The molecule has 0 amide bonds. The second kappa shape index (κ2) is 7.41. The van der Waals surface area contributed by atoms with E-state index < -0.39 is 0 Å². The number of nitrogens with zero attached hydrogens (tertiary/aromatic N) is 3. The average Bonchev–Trinajstić information content (AvgIpc) is 2.73. The highest BCUT2D eigenvalue weighted by Gasteiger charge is 2.39. The molecule has 0 radical (unpaired) electrons. The van der Waals surface area contributed by atoms with Gasteiger partial charge < -0.3 is 10.2 Å². The van der Waals surface area contributed by atoms with Gasteiger partial charge in [0.25, 0.3) is 0 Å². The lowest BCUT2D eigenvalue weighted by Crippen LogP contribution is -2.58. The minimum absolute atomic E-state index is 0.313. The third-order valence-electron chi connectivity index (χ3n) is 5.34. The summed E-state index contributed by atoms with van der Waals surface area (Å²) < 4.78 is 1.90. The van der Waals surface area contributed by atoms with E-state index in [0.717, 1.165) is 6.42 Å². The second-order valence-corrected chi connectivity index (χ2v) is 6.81. The SMILES string of the molecule is CNC(CCc1cnn(C)c1)C1(N(C)C)CCCCCC1. The van der Waals surface area contributed by atoms with E-state index in [1.807, 2.05) is 17.9 Å². The van der Waals surface area contributed by atoms with Crippen molar-refractivity contribution in [3.05, 3.63) is 18.0 Å². The molecular weight excluding hydrogens is 260 g/mol. The number of hydrogen-bond acceptors (Lipinski definition) is 3. The normalized spacial score (nSPS) is 20.4. The van der Waals surface area contributed by atoms with Crippen molar-refractivity contribution in [2.24, 2.45) is 7.05 Å². The molecule has 0 saturated heterocycles. The number of rotatable bonds is 6. The molecule has 1 N–H and O–H groups in total. The van der Waals surface area contributed by atoms with E-state index in [0.29, 0.717) is 11.6 Å². The predicted octanol–water partition coefficient (Wildman–Crippen LogP) is 2.60. The van der Waals surface area contributed by atoms with Crippen LogP contribution in [0, 0.1) is 0 Å². The number of aromatic nitrogens is 2. The Kier molecular flexibility index (Phi) is 5.82. The van der Waals surface area contributed by atoms with Crippen LogP contribution < -0.4 is 5.32 Å². The Morgan fingerprint density at radius 1 is 1.29 bits per heavy atom. The van der Waals surface area contributed by atoms with Gasteiger partial charge in [-0.05, 0) is 52.4 Å². The number of hydrogen-bond donors (Lipinski definition) is 1. The average molecular weight is 292 g/mol. The summed E-state index contributed by atoms with van der Waals surface area (Å²) in [5, 5.41) is 7.92. The van der Waals surface area contributed by atoms with Crippen molar-refractivity contribution in [1.29, 1.82) is 0 Å². The van der Waals surface area contributed by atoms with Gasteiger partial charge in [-0.15, -0.1) is 0 Å². The van der Waals surface area contributed by atoms with Gasteiger partial charge in [0.1, 0.15) is 0 Å². The highest BCUT2D eigenvalue weighted by Crippen LogP contribution is 2.35. The highest BCUT2D eigenvalue weighted by atomic mass is 15.2. The van der Waals surface area contributed by atoms with Gasteiger partial charge >= 0.3 is 0 Å². The first-order chi connectivity index (χ1) is 10.1. The molecule has 0 spiro atoms. The van der Waals surface area contributed by atoms with Crippen molar-refractivity contribution < 1.29 is 0 Å². The summed E-state index contributed by atoms with van der Waals surface area (Å²) >= 11 is 0. The minimum Gasteiger partial charge on any atom is -0.315 e. The Balaban J connectivity index is 2.07. The molecule has 1 fully saturated rings. The maximum absolute atomic E-state index is 4.29. The van der Waals surface area contributed by atoms with Crippen LogP contribution in [0.4, 0.5) is 0 Å². The summed E-state index contributed by atoms with van der Waals surface area (Å²) in [6.45, 7) is 0. The summed E-state index contributed by atoms with van der Waals surface area (Å²) in [5.41, 5.74) is 1.66. The first-order valence-electron chi connectivity index (χ1n) is 8.41. The van der Waals surface area contributed by atoms with Gasteiger partial charge in [-0.25, -0.2) is 0 Å². The molecule has 1 aromatic rings. The maximum Gasteiger partial charge on any atom is 0.0521 e. The van der Waals surface area contributed by atoms with Gasteiger partial charge in [0, 0.05) is 24.8 Å². The molecule has 0 bridgehead atoms. The Morgan fingerprint density at radius 2 is 1.95 bits per heavy atom. The molecule has 0 aliphatic heterocycles. The molecule has 1 saturated carbocycles. The van der Waals surface area contributed by atoms with Gasteiger partial charge in [0.05, 0.1) is 6.20 Å². The van der Waals surface area contributed by atoms with Gasteiger partial charge in [0.15, 0.2) is 0 Å². The van der Waals surface area contributed by atoms with Gasteiger partial charge in [0.2, 0.25) is 0 Å². The lowest BCUT2D eigenvalue weighted by atomic mass is 9.79. The van der Waals surface area contributed by atoms with Crippen LogP contribution in [0.25, 0.3) is 0 Å². The quantitative estimate of drug-likeness (QED) is 0.818.